The topological polar surface area (TPSA) is 38.7 Å². The van der Waals surface area contributed by atoms with E-state index in [-0.39, 0.29) is 16.9 Å². The van der Waals surface area contributed by atoms with Crippen molar-refractivity contribution in [2.75, 3.05) is 13.2 Å². The quantitative estimate of drug-likeness (QED) is 0.289. The third-order valence-electron chi connectivity index (χ3n) is 7.32. The molecule has 0 radical (unpaired) electrons. The summed E-state index contributed by atoms with van der Waals surface area (Å²) in [5.74, 6) is 0.285. The normalized spacial score (nSPS) is 16.4. The molecule has 0 aliphatic carbocycles. The monoisotopic (exact) mass is 524 g/mol. The van der Waals surface area contributed by atoms with Gasteiger partial charge in [-0.05, 0) is 64.0 Å². The maximum Gasteiger partial charge on any atom is 0.261 e. The van der Waals surface area contributed by atoms with Crippen LogP contribution in [0.5, 0.6) is 5.75 Å². The third-order valence-corrected chi connectivity index (χ3v) is 12.3. The van der Waals surface area contributed by atoms with Crippen LogP contribution in [0.15, 0.2) is 114 Å². The highest BCUT2D eigenvalue weighted by molar-refractivity contribution is 6.99. The second-order valence-corrected chi connectivity index (χ2v) is 15.5. The van der Waals surface area contributed by atoms with E-state index >= 15 is 0 Å². The van der Waals surface area contributed by atoms with Crippen LogP contribution in [-0.4, -0.2) is 32.7 Å². The van der Waals surface area contributed by atoms with Gasteiger partial charge in [-0.15, -0.1) is 0 Å². The van der Waals surface area contributed by atoms with Gasteiger partial charge in [0.1, 0.15) is 5.75 Å². The smallest absolute Gasteiger partial charge is 0.261 e. The summed E-state index contributed by atoms with van der Waals surface area (Å²) >= 11 is 0. The molecule has 198 valence electrons. The fourth-order valence-electron chi connectivity index (χ4n) is 5.46. The Labute approximate surface area is 229 Å². The number of benzene rings is 3. The fourth-order valence-corrected chi connectivity index (χ4v) is 10.0. The molecular weight excluding hydrogens is 484 g/mol. The van der Waals surface area contributed by atoms with E-state index < -0.39 is 8.32 Å². The standard InChI is InChI=1S/C34H40O3Si/c1-26(23-28-13-12-14-29(35)24-28)19-20-33-32(21-22-36-33)27(2)25-37-38(34(3,4)5,30-15-8-6-9-16-30)31-17-10-7-11-18-31/h6-18,21,23-24,33,35H,2,19-20,22,25H2,1,3-5H3/b26-23+. The molecule has 3 aromatic rings. The van der Waals surface area contributed by atoms with Gasteiger partial charge in [-0.25, -0.2) is 0 Å². The molecule has 38 heavy (non-hydrogen) atoms. The maximum atomic E-state index is 9.75. The van der Waals surface area contributed by atoms with E-state index in [2.05, 4.69) is 107 Å². The summed E-state index contributed by atoms with van der Waals surface area (Å²) in [5, 5.41) is 12.2. The van der Waals surface area contributed by atoms with E-state index in [1.165, 1.54) is 15.9 Å². The number of hydrogen-bond acceptors (Lipinski definition) is 3. The van der Waals surface area contributed by atoms with Crippen molar-refractivity contribution in [3.63, 3.8) is 0 Å². The van der Waals surface area contributed by atoms with E-state index in [9.17, 15) is 5.11 Å². The molecule has 0 aromatic heterocycles. The summed E-state index contributed by atoms with van der Waals surface area (Å²) in [6.45, 7) is 14.6. The Bertz CT molecular complexity index is 1250. The van der Waals surface area contributed by atoms with Crippen LogP contribution < -0.4 is 10.4 Å². The summed E-state index contributed by atoms with van der Waals surface area (Å²) in [5.41, 5.74) is 4.41. The molecule has 0 saturated heterocycles. The lowest BCUT2D eigenvalue weighted by atomic mass is 9.97. The molecular formula is C34H40O3Si. The van der Waals surface area contributed by atoms with E-state index in [0.29, 0.717) is 13.2 Å². The average Bonchev–Trinajstić information content (AvgIpc) is 3.37. The molecule has 4 rings (SSSR count). The largest absolute Gasteiger partial charge is 0.508 e. The Morgan fingerprint density at radius 1 is 1.00 bits per heavy atom. The van der Waals surface area contributed by atoms with Crippen LogP contribution in [0.4, 0.5) is 0 Å². The van der Waals surface area contributed by atoms with Crippen LogP contribution in [0.3, 0.4) is 0 Å². The minimum Gasteiger partial charge on any atom is -0.508 e. The predicted octanol–water partition coefficient (Wildman–Crippen LogP) is 7.03. The van der Waals surface area contributed by atoms with Gasteiger partial charge < -0.3 is 14.3 Å². The van der Waals surface area contributed by atoms with Crippen LogP contribution in [0.1, 0.15) is 46.1 Å². The molecule has 3 aromatic carbocycles. The lowest BCUT2D eigenvalue weighted by molar-refractivity contribution is 0.116. The molecule has 0 spiro atoms. The van der Waals surface area contributed by atoms with Gasteiger partial charge in [0.25, 0.3) is 8.32 Å². The van der Waals surface area contributed by atoms with Gasteiger partial charge in [-0.2, -0.15) is 0 Å². The van der Waals surface area contributed by atoms with Crippen LogP contribution in [-0.2, 0) is 9.16 Å². The Balaban J connectivity index is 1.50. The molecule has 1 heterocycles. The number of ether oxygens (including phenoxy) is 1. The molecule has 0 saturated carbocycles. The lowest BCUT2D eigenvalue weighted by Gasteiger charge is -2.43. The summed E-state index contributed by atoms with van der Waals surface area (Å²) in [4.78, 5) is 0. The summed E-state index contributed by atoms with van der Waals surface area (Å²) in [6, 6.07) is 28.8. The maximum absolute atomic E-state index is 9.75. The van der Waals surface area contributed by atoms with Crippen molar-refractivity contribution in [3.8, 4) is 5.75 Å². The highest BCUT2D eigenvalue weighted by atomic mass is 28.4. The Morgan fingerprint density at radius 3 is 2.21 bits per heavy atom. The molecule has 0 amide bonds. The van der Waals surface area contributed by atoms with Crippen LogP contribution in [0, 0.1) is 0 Å². The van der Waals surface area contributed by atoms with Gasteiger partial charge in [0.2, 0.25) is 0 Å². The highest BCUT2D eigenvalue weighted by Crippen LogP contribution is 2.37. The Kier molecular flexibility index (Phi) is 8.88. The number of aromatic hydroxyl groups is 1. The first-order valence-corrected chi connectivity index (χ1v) is 15.3. The van der Waals surface area contributed by atoms with Gasteiger partial charge in [0.05, 0.1) is 19.3 Å². The number of phenolic OH excluding ortho intramolecular Hbond substituents is 1. The minimum atomic E-state index is -2.63. The van der Waals surface area contributed by atoms with Crippen molar-refractivity contribution < 1.29 is 14.3 Å². The number of allylic oxidation sites excluding steroid dienone is 1. The van der Waals surface area contributed by atoms with Crippen LogP contribution in [0.2, 0.25) is 5.04 Å². The molecule has 1 atom stereocenters. The number of rotatable bonds is 10. The van der Waals surface area contributed by atoms with Crippen LogP contribution >= 0.6 is 0 Å². The average molecular weight is 525 g/mol. The molecule has 1 aliphatic heterocycles. The second kappa shape index (κ2) is 12.1. The first kappa shape index (κ1) is 27.8. The van der Waals surface area contributed by atoms with Gasteiger partial charge >= 0.3 is 0 Å². The fraction of sp³-hybridized carbons (Fsp3) is 0.294. The number of hydrogen-bond donors (Lipinski definition) is 1. The second-order valence-electron chi connectivity index (χ2n) is 11.2. The van der Waals surface area contributed by atoms with Crippen molar-refractivity contribution in [2.24, 2.45) is 0 Å². The lowest BCUT2D eigenvalue weighted by Crippen LogP contribution is -2.66. The molecule has 0 bridgehead atoms. The minimum absolute atomic E-state index is 0.0118. The zero-order valence-corrected chi connectivity index (χ0v) is 24.1. The van der Waals surface area contributed by atoms with Crippen LogP contribution in [0.25, 0.3) is 6.08 Å². The van der Waals surface area contributed by atoms with Crippen molar-refractivity contribution in [1.82, 2.24) is 0 Å². The predicted molar refractivity (Wildman–Crippen MR) is 162 cm³/mol. The van der Waals surface area contributed by atoms with Crippen molar-refractivity contribution in [1.29, 1.82) is 0 Å². The molecule has 1 unspecified atom stereocenters. The summed E-state index contributed by atoms with van der Waals surface area (Å²) in [6.07, 6.45) is 6.08. The molecule has 4 heteroatoms. The molecule has 1 aliphatic rings. The van der Waals surface area contributed by atoms with Crippen molar-refractivity contribution in [3.05, 3.63) is 120 Å². The third kappa shape index (κ3) is 6.27. The van der Waals surface area contributed by atoms with E-state index in [0.717, 1.165) is 29.6 Å². The van der Waals surface area contributed by atoms with Gasteiger partial charge in [0.15, 0.2) is 0 Å². The molecule has 0 fully saturated rings. The van der Waals surface area contributed by atoms with Crippen molar-refractivity contribution in [2.45, 2.75) is 51.7 Å². The van der Waals surface area contributed by atoms with Gasteiger partial charge in [0, 0.05) is 0 Å². The van der Waals surface area contributed by atoms with Gasteiger partial charge in [-0.3, -0.25) is 0 Å². The Morgan fingerprint density at radius 2 is 1.63 bits per heavy atom. The molecule has 1 N–H and O–H groups in total. The zero-order valence-electron chi connectivity index (χ0n) is 23.1. The summed E-state index contributed by atoms with van der Waals surface area (Å²) < 4.78 is 13.2. The van der Waals surface area contributed by atoms with E-state index in [1.807, 2.05) is 12.1 Å². The van der Waals surface area contributed by atoms with E-state index in [4.69, 9.17) is 9.16 Å². The number of phenols is 1. The highest BCUT2D eigenvalue weighted by Gasteiger charge is 2.50. The Hall–Kier alpha value is -3.18. The van der Waals surface area contributed by atoms with E-state index in [1.54, 1.807) is 12.1 Å². The van der Waals surface area contributed by atoms with Gasteiger partial charge in [-0.1, -0.05) is 118 Å². The first-order valence-electron chi connectivity index (χ1n) is 13.4. The SMILES string of the molecule is C=C(CO[Si](c1ccccc1)(c1ccccc1)C(C)(C)C)C1=CCOC1CC/C(C)=C/c1cccc(O)c1. The first-order chi connectivity index (χ1) is 18.2. The zero-order chi connectivity index (χ0) is 27.2. The molecule has 3 nitrogen and oxygen atoms in total. The van der Waals surface area contributed by atoms with Crippen molar-refractivity contribution >= 4 is 24.8 Å². The summed E-state index contributed by atoms with van der Waals surface area (Å²) in [7, 11) is -2.63.